The monoisotopic (exact) mass is 701 g/mol. The number of rotatable bonds is 7. The zero-order valence-corrected chi connectivity index (χ0v) is 28.4. The molecule has 252 valence electrons. The molecule has 3 aromatic carbocycles. The Kier molecular flexibility index (Phi) is 8.19. The predicted octanol–water partition coefficient (Wildman–Crippen LogP) is 5.88. The number of nitrogens with zero attached hydrogens (tertiary/aromatic N) is 2. The lowest BCUT2D eigenvalue weighted by Gasteiger charge is -2.49. The van der Waals surface area contributed by atoms with Crippen molar-refractivity contribution < 1.29 is 33.8 Å². The number of allylic oxidation sites excluding steroid dienone is 3. The molecule has 2 heterocycles. The number of ether oxygens (including phenoxy) is 2. The van der Waals surface area contributed by atoms with Gasteiger partial charge in [-0.3, -0.25) is 29.5 Å². The van der Waals surface area contributed by atoms with Crippen LogP contribution in [0.1, 0.15) is 24.0 Å². The third-order valence-corrected chi connectivity index (χ3v) is 11.1. The molecule has 2 N–H and O–H groups in total. The van der Waals surface area contributed by atoms with Crippen LogP contribution in [0.3, 0.4) is 0 Å². The highest BCUT2D eigenvalue weighted by Gasteiger charge is 2.69. The Labute approximate surface area is 292 Å². The van der Waals surface area contributed by atoms with Gasteiger partial charge in [0.15, 0.2) is 11.5 Å². The third-order valence-electron chi connectivity index (χ3n) is 10.5. The van der Waals surface area contributed by atoms with E-state index >= 15 is 4.79 Å². The number of halogens is 2. The molecular formula is C37H33Cl2N3O7. The van der Waals surface area contributed by atoms with Crippen LogP contribution in [-0.4, -0.2) is 59.9 Å². The van der Waals surface area contributed by atoms with Gasteiger partial charge in [-0.1, -0.05) is 65.2 Å². The summed E-state index contributed by atoms with van der Waals surface area (Å²) in [4.78, 5) is 57.8. The van der Waals surface area contributed by atoms with Gasteiger partial charge in [0.25, 0.3) is 11.8 Å². The summed E-state index contributed by atoms with van der Waals surface area (Å²) in [5.74, 6) is -4.01. The minimum Gasteiger partial charge on any atom is -0.504 e. The van der Waals surface area contributed by atoms with Gasteiger partial charge < -0.3 is 14.6 Å². The van der Waals surface area contributed by atoms with Crippen LogP contribution in [0.5, 0.6) is 17.2 Å². The summed E-state index contributed by atoms with van der Waals surface area (Å²) in [6, 6.07) is 16.7. The highest BCUT2D eigenvalue weighted by molar-refractivity contribution is 6.36. The molecule has 7 rings (SSSR count). The third kappa shape index (κ3) is 4.99. The van der Waals surface area contributed by atoms with E-state index in [9.17, 15) is 19.5 Å². The van der Waals surface area contributed by atoms with E-state index < -0.39 is 46.8 Å². The molecule has 4 aliphatic rings. The summed E-state index contributed by atoms with van der Waals surface area (Å²) in [5, 5.41) is 11.9. The van der Waals surface area contributed by atoms with Crippen molar-refractivity contribution in [1.82, 2.24) is 9.91 Å². The number of hydrazine groups is 1. The molecule has 49 heavy (non-hydrogen) atoms. The van der Waals surface area contributed by atoms with Crippen molar-refractivity contribution >= 4 is 58.6 Å². The number of amides is 4. The maximum absolute atomic E-state index is 15.1. The Morgan fingerprint density at radius 1 is 0.918 bits per heavy atom. The van der Waals surface area contributed by atoms with Crippen LogP contribution >= 0.6 is 23.2 Å². The first-order chi connectivity index (χ1) is 23.5. The average Bonchev–Trinajstić information content (AvgIpc) is 3.45. The van der Waals surface area contributed by atoms with Crippen LogP contribution in [0.4, 0.5) is 5.69 Å². The summed E-state index contributed by atoms with van der Waals surface area (Å²) in [6.45, 7) is 0. The van der Waals surface area contributed by atoms with Gasteiger partial charge in [-0.15, -0.1) is 0 Å². The number of fused-ring (bicyclic) bond motifs is 4. The molecule has 10 nitrogen and oxygen atoms in total. The first-order valence-corrected chi connectivity index (χ1v) is 16.6. The van der Waals surface area contributed by atoms with Crippen molar-refractivity contribution in [3.8, 4) is 17.2 Å². The Hall–Kier alpha value is -4.80. The number of benzene rings is 3. The second-order valence-electron chi connectivity index (χ2n) is 12.8. The maximum Gasteiger partial charge on any atom is 0.260 e. The molecule has 6 atom stereocenters. The highest BCUT2D eigenvalue weighted by Crippen LogP contribution is 2.61. The van der Waals surface area contributed by atoms with Crippen molar-refractivity contribution in [3.05, 3.63) is 99.6 Å². The van der Waals surface area contributed by atoms with E-state index in [-0.39, 0.29) is 34.8 Å². The number of carbonyl (C=O) groups excluding carboxylic acids is 4. The molecule has 2 aliphatic heterocycles. The van der Waals surface area contributed by atoms with Gasteiger partial charge in [0.05, 0.1) is 48.1 Å². The molecule has 0 unspecified atom stereocenters. The molecule has 1 saturated carbocycles. The fourth-order valence-electron chi connectivity index (χ4n) is 8.25. The second kappa shape index (κ2) is 12.3. The van der Waals surface area contributed by atoms with Crippen molar-refractivity contribution in [2.24, 2.45) is 29.6 Å². The number of carbonyl (C=O) groups is 4. The van der Waals surface area contributed by atoms with Crippen molar-refractivity contribution in [1.29, 1.82) is 0 Å². The molecule has 3 aromatic rings. The van der Waals surface area contributed by atoms with E-state index in [0.717, 1.165) is 10.6 Å². The zero-order chi connectivity index (χ0) is 34.8. The van der Waals surface area contributed by atoms with E-state index in [2.05, 4.69) is 5.43 Å². The van der Waals surface area contributed by atoms with Crippen LogP contribution in [0.25, 0.3) is 6.08 Å². The van der Waals surface area contributed by atoms with Crippen molar-refractivity contribution in [2.75, 3.05) is 26.7 Å². The number of nitrogens with one attached hydrogen (secondary N) is 1. The first-order valence-electron chi connectivity index (χ1n) is 15.8. The number of hydrogen-bond donors (Lipinski definition) is 2. The smallest absolute Gasteiger partial charge is 0.260 e. The standard InChI is InChI=1S/C37H33Cl2N3O7/c1-41-33(44)24-12-11-23-25(32(24)35(41)46)18-27-34(45)42(40-29-14-8-21(38)17-28(29)39)36(47)37(27,20-6-9-22(48-2)10-7-20)26(23)13-4-19-5-15-30(43)31(16-19)49-3/h4-11,13-17,24-27,32,40,43H,12,18H2,1-3H3/t24-,25+,26-,27-,32-,37-/m0/s1. The lowest BCUT2D eigenvalue weighted by Crippen LogP contribution is -2.54. The molecule has 0 radical (unpaired) electrons. The molecular weight excluding hydrogens is 669 g/mol. The molecule has 2 saturated heterocycles. The van der Waals surface area contributed by atoms with Crippen LogP contribution in [0.2, 0.25) is 10.0 Å². The Morgan fingerprint density at radius 2 is 1.67 bits per heavy atom. The van der Waals surface area contributed by atoms with Gasteiger partial charge in [0.1, 0.15) is 5.75 Å². The Morgan fingerprint density at radius 3 is 2.37 bits per heavy atom. The predicted molar refractivity (Wildman–Crippen MR) is 183 cm³/mol. The van der Waals surface area contributed by atoms with Crippen LogP contribution < -0.4 is 14.9 Å². The Balaban J connectivity index is 1.44. The summed E-state index contributed by atoms with van der Waals surface area (Å²) in [6.07, 6.45) is 6.18. The van der Waals surface area contributed by atoms with Crippen LogP contribution in [0, 0.1) is 29.6 Å². The van der Waals surface area contributed by atoms with Gasteiger partial charge in [0.2, 0.25) is 11.8 Å². The number of imide groups is 2. The molecule has 4 amide bonds. The molecule has 0 aromatic heterocycles. The molecule has 3 fully saturated rings. The fourth-order valence-corrected chi connectivity index (χ4v) is 8.70. The van der Waals surface area contributed by atoms with E-state index in [1.54, 1.807) is 55.6 Å². The van der Waals surface area contributed by atoms with E-state index in [1.165, 1.54) is 31.2 Å². The largest absolute Gasteiger partial charge is 0.504 e. The summed E-state index contributed by atoms with van der Waals surface area (Å²) in [5.41, 5.74) is 3.92. The van der Waals surface area contributed by atoms with E-state index in [4.69, 9.17) is 32.7 Å². The van der Waals surface area contributed by atoms with E-state index in [0.29, 0.717) is 34.0 Å². The van der Waals surface area contributed by atoms with Gasteiger partial charge in [0, 0.05) is 18.0 Å². The number of phenolic OH excluding ortho intramolecular Hbond substituents is 1. The number of likely N-dealkylation sites (tertiary alicyclic amines) is 1. The maximum atomic E-state index is 15.1. The number of methoxy groups -OCH3 is 2. The first kappa shape index (κ1) is 32.7. The van der Waals surface area contributed by atoms with Gasteiger partial charge >= 0.3 is 0 Å². The second-order valence-corrected chi connectivity index (χ2v) is 13.6. The van der Waals surface area contributed by atoms with Crippen LogP contribution in [-0.2, 0) is 24.6 Å². The van der Waals surface area contributed by atoms with Gasteiger partial charge in [-0.05, 0) is 72.4 Å². The van der Waals surface area contributed by atoms with Crippen LogP contribution in [0.15, 0.2) is 78.4 Å². The topological polar surface area (TPSA) is 125 Å². The highest BCUT2D eigenvalue weighted by atomic mass is 35.5. The lowest BCUT2D eigenvalue weighted by molar-refractivity contribution is -0.140. The van der Waals surface area contributed by atoms with E-state index in [1.807, 2.05) is 18.2 Å². The summed E-state index contributed by atoms with van der Waals surface area (Å²) in [7, 11) is 4.49. The number of phenols is 1. The normalized spacial score (nSPS) is 27.6. The summed E-state index contributed by atoms with van der Waals surface area (Å²) < 4.78 is 10.8. The fraction of sp³-hybridized carbons (Fsp3) is 0.297. The molecule has 2 aliphatic carbocycles. The van der Waals surface area contributed by atoms with Gasteiger partial charge in [-0.25, -0.2) is 0 Å². The lowest BCUT2D eigenvalue weighted by atomic mass is 9.50. The van der Waals surface area contributed by atoms with Gasteiger partial charge in [-0.2, -0.15) is 5.01 Å². The van der Waals surface area contributed by atoms with Crippen molar-refractivity contribution in [3.63, 3.8) is 0 Å². The molecule has 12 heteroatoms. The number of aromatic hydroxyl groups is 1. The minimum atomic E-state index is -1.46. The minimum absolute atomic E-state index is 0.0270. The quantitative estimate of drug-likeness (QED) is 0.231. The molecule has 0 spiro atoms. The number of hydrogen-bond acceptors (Lipinski definition) is 8. The average molecular weight is 703 g/mol. The Bertz CT molecular complexity index is 1960. The number of anilines is 1. The van der Waals surface area contributed by atoms with Crippen molar-refractivity contribution in [2.45, 2.75) is 18.3 Å². The molecule has 0 bridgehead atoms. The SMILES string of the molecule is COc1ccc([C@@]23C(=O)N(Nc4ccc(Cl)cc4Cl)C(=O)[C@@H]2C[C@@H]2C(=CC[C@@H]4C(=O)N(C)C(=O)[C@@H]42)[C@@H]3C=Cc2ccc(O)c(OC)c2)cc1. The summed E-state index contributed by atoms with van der Waals surface area (Å²) >= 11 is 12.6. The zero-order valence-electron chi connectivity index (χ0n) is 26.9.